The summed E-state index contributed by atoms with van der Waals surface area (Å²) in [5.41, 5.74) is -0.900. The predicted molar refractivity (Wildman–Crippen MR) is 72.6 cm³/mol. The van der Waals surface area contributed by atoms with Crippen LogP contribution in [0.1, 0.15) is 36.4 Å². The maximum Gasteiger partial charge on any atom is 0.262 e. The quantitative estimate of drug-likeness (QED) is 0.764. The zero-order chi connectivity index (χ0) is 14.9. The van der Waals surface area contributed by atoms with Gasteiger partial charge in [0.15, 0.2) is 0 Å². The molecule has 7 heteroatoms. The van der Waals surface area contributed by atoms with E-state index >= 15 is 0 Å². The van der Waals surface area contributed by atoms with Crippen LogP contribution in [0, 0.1) is 6.92 Å². The smallest absolute Gasteiger partial charge is 0.262 e. The van der Waals surface area contributed by atoms with Crippen LogP contribution in [-0.4, -0.2) is 33.1 Å². The van der Waals surface area contributed by atoms with Crippen molar-refractivity contribution in [1.29, 1.82) is 0 Å². The normalized spacial score (nSPS) is 14.2. The highest BCUT2D eigenvalue weighted by Gasteiger charge is 2.28. The van der Waals surface area contributed by atoms with Gasteiger partial charge in [-0.25, -0.2) is 4.98 Å². The Labute approximate surface area is 115 Å². The number of carbonyl (C=O) groups excluding carboxylic acids is 1. The Balaban J connectivity index is 2.50. The summed E-state index contributed by atoms with van der Waals surface area (Å²) in [6, 6.07) is 0. The van der Waals surface area contributed by atoms with Crippen molar-refractivity contribution in [2.75, 3.05) is 6.61 Å². The number of H-pyrrole nitrogens is 1. The summed E-state index contributed by atoms with van der Waals surface area (Å²) in [6.45, 7) is 4.98. The van der Waals surface area contributed by atoms with Crippen LogP contribution >= 0.6 is 0 Å². The SMILES string of the molecule is CCC(C)(CO)NC(=O)c1c(C)oc2nc[nH]c(=O)c12. The molecule has 1 amide bonds. The van der Waals surface area contributed by atoms with Crippen molar-refractivity contribution in [2.24, 2.45) is 0 Å². The van der Waals surface area contributed by atoms with Crippen LogP contribution in [0.5, 0.6) is 0 Å². The van der Waals surface area contributed by atoms with Gasteiger partial charge in [-0.2, -0.15) is 0 Å². The Morgan fingerprint density at radius 2 is 2.30 bits per heavy atom. The van der Waals surface area contributed by atoms with Crippen LogP contribution in [0.25, 0.3) is 11.1 Å². The van der Waals surface area contributed by atoms with Crippen molar-refractivity contribution < 1.29 is 14.3 Å². The van der Waals surface area contributed by atoms with Gasteiger partial charge in [0.25, 0.3) is 11.5 Å². The number of aliphatic hydroxyl groups excluding tert-OH is 1. The molecule has 0 aliphatic heterocycles. The van der Waals surface area contributed by atoms with Crippen molar-refractivity contribution in [2.45, 2.75) is 32.7 Å². The third-order valence-corrected chi connectivity index (χ3v) is 3.44. The van der Waals surface area contributed by atoms with Gasteiger partial charge in [0.2, 0.25) is 5.71 Å². The van der Waals surface area contributed by atoms with E-state index in [4.69, 9.17) is 4.42 Å². The first-order valence-electron chi connectivity index (χ1n) is 6.32. The fourth-order valence-corrected chi connectivity index (χ4v) is 1.90. The number of hydrogen-bond donors (Lipinski definition) is 3. The van der Waals surface area contributed by atoms with E-state index in [-0.39, 0.29) is 23.3 Å². The van der Waals surface area contributed by atoms with Gasteiger partial charge in [-0.3, -0.25) is 9.59 Å². The molecule has 2 aromatic heterocycles. The van der Waals surface area contributed by atoms with Gasteiger partial charge in [-0.05, 0) is 20.3 Å². The first-order chi connectivity index (χ1) is 9.41. The van der Waals surface area contributed by atoms with Gasteiger partial charge in [0.1, 0.15) is 11.1 Å². The lowest BCUT2D eigenvalue weighted by Gasteiger charge is -2.27. The van der Waals surface area contributed by atoms with E-state index in [0.717, 1.165) is 0 Å². The Morgan fingerprint density at radius 1 is 1.60 bits per heavy atom. The first kappa shape index (κ1) is 14.3. The number of aliphatic hydroxyl groups is 1. The molecule has 0 bridgehead atoms. The Kier molecular flexibility index (Phi) is 3.63. The van der Waals surface area contributed by atoms with Crippen molar-refractivity contribution in [3.63, 3.8) is 0 Å². The van der Waals surface area contributed by atoms with Gasteiger partial charge in [-0.15, -0.1) is 0 Å². The molecule has 0 fully saturated rings. The lowest BCUT2D eigenvalue weighted by atomic mass is 9.99. The molecular formula is C13H17N3O4. The molecule has 0 aromatic carbocycles. The minimum absolute atomic E-state index is 0.124. The zero-order valence-electron chi connectivity index (χ0n) is 11.6. The summed E-state index contributed by atoms with van der Waals surface area (Å²) in [5.74, 6) is -0.142. The highest BCUT2D eigenvalue weighted by molar-refractivity contribution is 6.06. The lowest BCUT2D eigenvalue weighted by Crippen LogP contribution is -2.48. The molecule has 7 nitrogen and oxygen atoms in total. The highest BCUT2D eigenvalue weighted by atomic mass is 16.3. The number of nitrogens with zero attached hydrogens (tertiary/aromatic N) is 1. The molecule has 0 aliphatic carbocycles. The first-order valence-corrected chi connectivity index (χ1v) is 6.32. The number of fused-ring (bicyclic) bond motifs is 1. The molecule has 1 unspecified atom stereocenters. The van der Waals surface area contributed by atoms with E-state index in [1.54, 1.807) is 13.8 Å². The highest BCUT2D eigenvalue weighted by Crippen LogP contribution is 2.21. The molecule has 2 rings (SSSR count). The maximum absolute atomic E-state index is 12.4. The third kappa shape index (κ3) is 2.32. The van der Waals surface area contributed by atoms with Crippen LogP contribution in [0.2, 0.25) is 0 Å². The predicted octanol–water partition coefficient (Wildman–Crippen LogP) is 0.715. The van der Waals surface area contributed by atoms with Crippen LogP contribution in [0.3, 0.4) is 0 Å². The summed E-state index contributed by atoms with van der Waals surface area (Å²) in [7, 11) is 0. The molecule has 20 heavy (non-hydrogen) atoms. The number of nitrogens with one attached hydrogen (secondary N) is 2. The van der Waals surface area contributed by atoms with Gasteiger partial charge in [0, 0.05) is 0 Å². The van der Waals surface area contributed by atoms with Crippen molar-refractivity contribution >= 4 is 17.0 Å². The summed E-state index contributed by atoms with van der Waals surface area (Å²) in [6.07, 6.45) is 1.78. The Hall–Kier alpha value is -2.15. The van der Waals surface area contributed by atoms with Crippen LogP contribution in [0.4, 0.5) is 0 Å². The number of aryl methyl sites for hydroxylation is 1. The summed E-state index contributed by atoms with van der Waals surface area (Å²) < 4.78 is 5.33. The largest absolute Gasteiger partial charge is 0.442 e. The molecule has 0 radical (unpaired) electrons. The van der Waals surface area contributed by atoms with Gasteiger partial charge in [0.05, 0.1) is 24.0 Å². The molecule has 0 spiro atoms. The number of aromatic amines is 1. The van der Waals surface area contributed by atoms with Crippen LogP contribution < -0.4 is 10.9 Å². The van der Waals surface area contributed by atoms with Gasteiger partial charge >= 0.3 is 0 Å². The molecule has 1 atom stereocenters. The number of aromatic nitrogens is 2. The molecule has 2 heterocycles. The summed E-state index contributed by atoms with van der Waals surface area (Å²) in [5, 5.41) is 12.2. The molecule has 3 N–H and O–H groups in total. The second kappa shape index (κ2) is 5.09. The Bertz CT molecular complexity index is 697. The summed E-state index contributed by atoms with van der Waals surface area (Å²) >= 11 is 0. The van der Waals surface area contributed by atoms with E-state index in [1.165, 1.54) is 6.33 Å². The second-order valence-corrected chi connectivity index (χ2v) is 4.97. The second-order valence-electron chi connectivity index (χ2n) is 4.97. The fourth-order valence-electron chi connectivity index (χ4n) is 1.90. The van der Waals surface area contributed by atoms with E-state index < -0.39 is 17.0 Å². The van der Waals surface area contributed by atoms with Crippen LogP contribution in [0.15, 0.2) is 15.5 Å². The molecule has 0 saturated carbocycles. The van der Waals surface area contributed by atoms with Crippen molar-refractivity contribution in [3.8, 4) is 0 Å². The number of furan rings is 1. The number of rotatable bonds is 4. The van der Waals surface area contributed by atoms with E-state index in [0.29, 0.717) is 12.2 Å². The van der Waals surface area contributed by atoms with E-state index in [9.17, 15) is 14.7 Å². The topological polar surface area (TPSA) is 108 Å². The van der Waals surface area contributed by atoms with Gasteiger partial charge < -0.3 is 19.8 Å². The Morgan fingerprint density at radius 3 is 2.90 bits per heavy atom. The van der Waals surface area contributed by atoms with Gasteiger partial charge in [-0.1, -0.05) is 6.92 Å². The van der Waals surface area contributed by atoms with Crippen LogP contribution in [-0.2, 0) is 0 Å². The number of carbonyl (C=O) groups is 1. The number of hydrogen-bond acceptors (Lipinski definition) is 5. The average Bonchev–Trinajstić information content (AvgIpc) is 2.76. The fraction of sp³-hybridized carbons (Fsp3) is 0.462. The third-order valence-electron chi connectivity index (χ3n) is 3.44. The minimum Gasteiger partial charge on any atom is -0.442 e. The van der Waals surface area contributed by atoms with E-state index in [1.807, 2.05) is 6.92 Å². The monoisotopic (exact) mass is 279 g/mol. The summed E-state index contributed by atoms with van der Waals surface area (Å²) in [4.78, 5) is 30.5. The molecule has 2 aromatic rings. The standard InChI is InChI=1S/C13H17N3O4/c1-4-13(3,5-17)16-11(19)8-7(2)20-12-9(8)10(18)14-6-15-12/h6,17H,4-5H2,1-3H3,(H,16,19)(H,14,15,18). The zero-order valence-corrected chi connectivity index (χ0v) is 11.6. The number of amides is 1. The average molecular weight is 279 g/mol. The molecule has 108 valence electrons. The molecule has 0 aliphatic rings. The molecular weight excluding hydrogens is 262 g/mol. The molecule has 0 saturated heterocycles. The van der Waals surface area contributed by atoms with Crippen molar-refractivity contribution in [1.82, 2.24) is 15.3 Å². The minimum atomic E-state index is -0.748. The lowest BCUT2D eigenvalue weighted by molar-refractivity contribution is 0.0847. The van der Waals surface area contributed by atoms with E-state index in [2.05, 4.69) is 15.3 Å². The van der Waals surface area contributed by atoms with Crippen molar-refractivity contribution in [3.05, 3.63) is 28.0 Å². The maximum atomic E-state index is 12.4.